The number of amides is 2. The highest BCUT2D eigenvalue weighted by Gasteiger charge is 2.60. The molecule has 9 heteroatoms. The number of aliphatic hydroxyl groups excluding tert-OH is 2. The number of terminal acetylenes is 1. The summed E-state index contributed by atoms with van der Waals surface area (Å²) in [7, 11) is 0. The molecule has 3 aliphatic rings. The Kier molecular flexibility index (Phi) is 6.26. The van der Waals surface area contributed by atoms with Crippen molar-refractivity contribution in [2.75, 3.05) is 11.5 Å². The Balaban J connectivity index is 1.62. The summed E-state index contributed by atoms with van der Waals surface area (Å²) in [5.41, 5.74) is 0.211. The van der Waals surface area contributed by atoms with Crippen molar-refractivity contribution < 1.29 is 33.4 Å². The van der Waals surface area contributed by atoms with Gasteiger partial charge in [-0.3, -0.25) is 9.59 Å². The Labute approximate surface area is 184 Å². The minimum Gasteiger partial charge on any atom is -0.396 e. The van der Waals surface area contributed by atoms with Gasteiger partial charge in [0, 0.05) is 30.7 Å². The number of rotatable bonds is 5. The van der Waals surface area contributed by atoms with Crippen LogP contribution < -0.4 is 4.90 Å². The van der Waals surface area contributed by atoms with E-state index in [2.05, 4.69) is 11.1 Å². The van der Waals surface area contributed by atoms with Crippen LogP contribution in [0.4, 0.5) is 14.5 Å². The first-order chi connectivity index (χ1) is 15.3. The van der Waals surface area contributed by atoms with Crippen molar-refractivity contribution in [2.24, 2.45) is 28.8 Å². The summed E-state index contributed by atoms with van der Waals surface area (Å²) in [6, 6.07) is 2.64. The Hall–Kier alpha value is -2.83. The van der Waals surface area contributed by atoms with Crippen LogP contribution in [-0.2, 0) is 14.4 Å². The number of unbranched alkanes of at least 4 members (excludes halogenated alkanes) is 1. The lowest BCUT2D eigenvalue weighted by molar-refractivity contribution is -0.132. The molecule has 3 fully saturated rings. The van der Waals surface area contributed by atoms with Crippen LogP contribution in [0.2, 0.25) is 0 Å². The third-order valence-corrected chi connectivity index (χ3v) is 6.67. The van der Waals surface area contributed by atoms with Gasteiger partial charge in [0.15, 0.2) is 0 Å². The molecular formula is C23H24F2N2O5. The van der Waals surface area contributed by atoms with Crippen LogP contribution in [0, 0.1) is 47.6 Å². The van der Waals surface area contributed by atoms with E-state index in [1.807, 2.05) is 0 Å². The molecule has 32 heavy (non-hydrogen) atoms. The number of benzene rings is 1. The fourth-order valence-corrected chi connectivity index (χ4v) is 5.24. The summed E-state index contributed by atoms with van der Waals surface area (Å²) in [5, 5.41) is 25.3. The number of imide groups is 1. The number of oxime groups is 1. The Morgan fingerprint density at radius 1 is 1.19 bits per heavy atom. The average molecular weight is 446 g/mol. The third-order valence-electron chi connectivity index (χ3n) is 6.67. The summed E-state index contributed by atoms with van der Waals surface area (Å²) in [6.07, 6.45) is 4.83. The Morgan fingerprint density at radius 2 is 1.94 bits per heavy atom. The van der Waals surface area contributed by atoms with E-state index in [9.17, 15) is 28.6 Å². The smallest absolute Gasteiger partial charge is 0.238 e. The van der Waals surface area contributed by atoms with E-state index in [1.165, 1.54) is 0 Å². The highest BCUT2D eigenvalue weighted by atomic mass is 19.1. The fourth-order valence-electron chi connectivity index (χ4n) is 5.24. The molecule has 7 nitrogen and oxygen atoms in total. The third kappa shape index (κ3) is 3.78. The van der Waals surface area contributed by atoms with Gasteiger partial charge in [-0.2, -0.15) is 0 Å². The minimum absolute atomic E-state index is 0.0906. The maximum atomic E-state index is 14.4. The maximum Gasteiger partial charge on any atom is 0.238 e. The van der Waals surface area contributed by atoms with E-state index in [-0.39, 0.29) is 18.0 Å². The molecule has 170 valence electrons. The predicted octanol–water partition coefficient (Wildman–Crippen LogP) is 2.01. The standard InChI is InChI=1S/C23H24F2N2O5/c1-2-3-4-9-32-26-16-11-18(28)21(29)19-13(16)6-7-14-20(19)23(31)27(22(14)30)17-8-5-12(24)10-15(17)25/h1,5,8,10,13-14,18-21,28-29H,3-4,6-7,9,11H2/t13-,14+,18+,19-,20+,21+/m0/s1. The highest BCUT2D eigenvalue weighted by molar-refractivity contribution is 6.22. The number of fused-ring (bicyclic) bond motifs is 3. The van der Waals surface area contributed by atoms with Crippen molar-refractivity contribution in [3.05, 3.63) is 29.8 Å². The van der Waals surface area contributed by atoms with Crippen LogP contribution in [0.1, 0.15) is 32.1 Å². The lowest BCUT2D eigenvalue weighted by atomic mass is 9.60. The second-order valence-corrected chi connectivity index (χ2v) is 8.49. The molecule has 2 aliphatic carbocycles. The number of halogens is 2. The van der Waals surface area contributed by atoms with Gasteiger partial charge in [-0.1, -0.05) is 5.16 Å². The van der Waals surface area contributed by atoms with Crippen LogP contribution in [0.3, 0.4) is 0 Å². The first kappa shape index (κ1) is 22.4. The topological polar surface area (TPSA) is 99.4 Å². The lowest BCUT2D eigenvalue weighted by Gasteiger charge is -2.45. The first-order valence-corrected chi connectivity index (χ1v) is 10.7. The molecule has 6 atom stereocenters. The molecule has 1 aromatic rings. The second kappa shape index (κ2) is 8.96. The number of anilines is 1. The number of carbonyl (C=O) groups excluding carboxylic acids is 2. The van der Waals surface area contributed by atoms with Gasteiger partial charge < -0.3 is 15.1 Å². The predicted molar refractivity (Wildman–Crippen MR) is 110 cm³/mol. The molecule has 2 amide bonds. The minimum atomic E-state index is -1.25. The van der Waals surface area contributed by atoms with Gasteiger partial charge >= 0.3 is 0 Å². The fraction of sp³-hybridized carbons (Fsp3) is 0.522. The number of nitrogens with zero attached hydrogens (tertiary/aromatic N) is 2. The molecule has 2 saturated carbocycles. The van der Waals surface area contributed by atoms with E-state index in [0.29, 0.717) is 44.1 Å². The van der Waals surface area contributed by atoms with E-state index < -0.39 is 53.4 Å². The van der Waals surface area contributed by atoms with Crippen LogP contribution in [0.15, 0.2) is 23.4 Å². The molecule has 0 radical (unpaired) electrons. The van der Waals surface area contributed by atoms with Gasteiger partial charge in [0.05, 0.1) is 35.4 Å². The Morgan fingerprint density at radius 3 is 2.66 bits per heavy atom. The molecule has 4 rings (SSSR count). The van der Waals surface area contributed by atoms with Crippen LogP contribution in [0.25, 0.3) is 0 Å². The van der Waals surface area contributed by atoms with Gasteiger partial charge in [0.25, 0.3) is 0 Å². The summed E-state index contributed by atoms with van der Waals surface area (Å²) < 4.78 is 27.7. The molecular weight excluding hydrogens is 422 g/mol. The van der Waals surface area contributed by atoms with Crippen molar-refractivity contribution in [3.63, 3.8) is 0 Å². The first-order valence-electron chi connectivity index (χ1n) is 10.7. The number of carbonyl (C=O) groups is 2. The Bertz CT molecular complexity index is 991. The molecule has 0 unspecified atom stereocenters. The summed E-state index contributed by atoms with van der Waals surface area (Å²) in [6.45, 7) is 0.296. The van der Waals surface area contributed by atoms with Gasteiger partial charge in [-0.05, 0) is 31.4 Å². The molecule has 0 aromatic heterocycles. The molecule has 1 heterocycles. The molecule has 1 aromatic carbocycles. The van der Waals surface area contributed by atoms with Crippen molar-refractivity contribution in [2.45, 2.75) is 44.3 Å². The van der Waals surface area contributed by atoms with Gasteiger partial charge in [0.2, 0.25) is 11.8 Å². The normalized spacial score (nSPS) is 33.1. The van der Waals surface area contributed by atoms with Crippen LogP contribution in [0.5, 0.6) is 0 Å². The van der Waals surface area contributed by atoms with E-state index in [1.54, 1.807) is 0 Å². The quantitative estimate of drug-likeness (QED) is 0.312. The molecule has 1 aliphatic heterocycles. The SMILES string of the molecule is C#CCCCON=C1C[C@@H](O)[C@@H](O)[C@@H]2[C@@H]3C(=O)N(c4ccc(F)cc4F)C(=O)[C@@H]3CC[C@@H]12. The van der Waals surface area contributed by atoms with Crippen molar-refractivity contribution in [3.8, 4) is 12.3 Å². The summed E-state index contributed by atoms with van der Waals surface area (Å²) >= 11 is 0. The summed E-state index contributed by atoms with van der Waals surface area (Å²) in [4.78, 5) is 32.4. The average Bonchev–Trinajstić information content (AvgIpc) is 3.01. The summed E-state index contributed by atoms with van der Waals surface area (Å²) in [5.74, 6) is -3.42. The van der Waals surface area contributed by atoms with E-state index in [4.69, 9.17) is 11.3 Å². The van der Waals surface area contributed by atoms with Gasteiger partial charge in [0.1, 0.15) is 18.2 Å². The number of hydrogen-bond acceptors (Lipinski definition) is 6. The van der Waals surface area contributed by atoms with Crippen LogP contribution >= 0.6 is 0 Å². The van der Waals surface area contributed by atoms with Gasteiger partial charge in [-0.15, -0.1) is 12.3 Å². The monoisotopic (exact) mass is 446 g/mol. The van der Waals surface area contributed by atoms with Crippen LogP contribution in [-0.4, -0.2) is 46.6 Å². The zero-order chi connectivity index (χ0) is 23.0. The van der Waals surface area contributed by atoms with Gasteiger partial charge in [-0.25, -0.2) is 13.7 Å². The maximum absolute atomic E-state index is 14.4. The molecule has 0 bridgehead atoms. The van der Waals surface area contributed by atoms with Crippen molar-refractivity contribution in [1.29, 1.82) is 0 Å². The molecule has 1 saturated heterocycles. The van der Waals surface area contributed by atoms with Crippen molar-refractivity contribution >= 4 is 23.2 Å². The number of aliphatic hydroxyl groups is 2. The van der Waals surface area contributed by atoms with Crippen molar-refractivity contribution in [1.82, 2.24) is 0 Å². The zero-order valence-corrected chi connectivity index (χ0v) is 17.3. The zero-order valence-electron chi connectivity index (χ0n) is 17.3. The molecule has 2 N–H and O–H groups in total. The molecule has 0 spiro atoms. The number of hydrogen-bond donors (Lipinski definition) is 2. The largest absolute Gasteiger partial charge is 0.396 e. The van der Waals surface area contributed by atoms with E-state index in [0.717, 1.165) is 17.0 Å². The highest BCUT2D eigenvalue weighted by Crippen LogP contribution is 2.50. The lowest BCUT2D eigenvalue weighted by Crippen LogP contribution is -2.54. The van der Waals surface area contributed by atoms with E-state index >= 15 is 0 Å². The second-order valence-electron chi connectivity index (χ2n) is 8.49.